The number of anilines is 1. The van der Waals surface area contributed by atoms with Gasteiger partial charge in [-0.3, -0.25) is 9.69 Å². The van der Waals surface area contributed by atoms with E-state index in [4.69, 9.17) is 4.74 Å². The van der Waals surface area contributed by atoms with E-state index in [0.29, 0.717) is 67.5 Å². The number of rotatable bonds is 8. The molecule has 1 aliphatic rings. The number of piperazine rings is 1. The number of benzene rings is 3. The number of methoxy groups -OCH3 is 1. The van der Waals surface area contributed by atoms with Crippen molar-refractivity contribution in [1.82, 2.24) is 30.1 Å². The zero-order valence-electron chi connectivity index (χ0n) is 23.5. The zero-order chi connectivity index (χ0) is 30.0. The first-order valence-corrected chi connectivity index (χ1v) is 14.0. The Labute approximate surface area is 245 Å². The van der Waals surface area contributed by atoms with Crippen LogP contribution in [0.3, 0.4) is 0 Å². The second kappa shape index (κ2) is 11.9. The highest BCUT2D eigenvalue weighted by Crippen LogP contribution is 2.33. The van der Waals surface area contributed by atoms with Gasteiger partial charge in [0.15, 0.2) is 5.82 Å². The van der Waals surface area contributed by atoms with Gasteiger partial charge < -0.3 is 14.6 Å². The minimum atomic E-state index is -4.42. The molecule has 0 aliphatic carbocycles. The maximum atomic E-state index is 13.6. The van der Waals surface area contributed by atoms with Gasteiger partial charge in [-0.25, -0.2) is 4.68 Å². The monoisotopic (exact) mass is 589 g/mol. The van der Waals surface area contributed by atoms with Crippen LogP contribution in [0.5, 0.6) is 5.75 Å². The molecule has 1 aliphatic heterocycles. The third-order valence-corrected chi connectivity index (χ3v) is 7.85. The van der Waals surface area contributed by atoms with Crippen LogP contribution in [-0.4, -0.2) is 63.4 Å². The van der Waals surface area contributed by atoms with Crippen molar-refractivity contribution in [2.75, 3.05) is 38.2 Å². The third kappa shape index (κ3) is 6.09. The highest BCUT2D eigenvalue weighted by Gasteiger charge is 2.34. The quantitative estimate of drug-likeness (QED) is 0.281. The lowest BCUT2D eigenvalue weighted by Crippen LogP contribution is -2.49. The summed E-state index contributed by atoms with van der Waals surface area (Å²) in [4.78, 5) is 20.6. The predicted octanol–water partition coefficient (Wildman–Crippen LogP) is 4.70. The van der Waals surface area contributed by atoms with Gasteiger partial charge in [0.2, 0.25) is 0 Å². The Bertz CT molecular complexity index is 1760. The maximum absolute atomic E-state index is 13.6. The Hall–Kier alpha value is -4.71. The summed E-state index contributed by atoms with van der Waals surface area (Å²) in [6.45, 7) is 2.38. The smallest absolute Gasteiger partial charge is 0.416 e. The minimum absolute atomic E-state index is 0.263. The fourth-order valence-electron chi connectivity index (χ4n) is 5.59. The van der Waals surface area contributed by atoms with Gasteiger partial charge in [-0.15, -0.1) is 5.10 Å². The predicted molar refractivity (Wildman–Crippen MR) is 156 cm³/mol. The van der Waals surface area contributed by atoms with E-state index in [1.54, 1.807) is 30.0 Å². The largest absolute Gasteiger partial charge is 0.497 e. The van der Waals surface area contributed by atoms with Crippen molar-refractivity contribution in [3.63, 3.8) is 0 Å². The van der Waals surface area contributed by atoms with Crippen LogP contribution >= 0.6 is 0 Å². The van der Waals surface area contributed by atoms with Crippen LogP contribution in [0.2, 0.25) is 0 Å². The first-order valence-electron chi connectivity index (χ1n) is 14.0. The summed E-state index contributed by atoms with van der Waals surface area (Å²) >= 11 is 0. The Morgan fingerprint density at radius 3 is 2.49 bits per heavy atom. The number of aromatic amines is 1. The van der Waals surface area contributed by atoms with E-state index in [2.05, 4.69) is 25.4 Å². The van der Waals surface area contributed by atoms with Crippen LogP contribution in [-0.2, 0) is 19.1 Å². The molecule has 3 aromatic carbocycles. The molecule has 1 N–H and O–H groups in total. The summed E-state index contributed by atoms with van der Waals surface area (Å²) in [5.41, 5.74) is 1.84. The molecule has 0 spiro atoms. The number of H-pyrrole nitrogens is 1. The Morgan fingerprint density at radius 1 is 0.953 bits per heavy atom. The average Bonchev–Trinajstić information content (AvgIpc) is 3.49. The molecule has 1 saturated heterocycles. The lowest BCUT2D eigenvalue weighted by molar-refractivity contribution is -0.137. The van der Waals surface area contributed by atoms with Gasteiger partial charge in [-0.1, -0.05) is 36.4 Å². The van der Waals surface area contributed by atoms with Crippen molar-refractivity contribution in [3.8, 4) is 5.75 Å². The van der Waals surface area contributed by atoms with Gasteiger partial charge in [-0.2, -0.15) is 13.2 Å². The minimum Gasteiger partial charge on any atom is -0.497 e. The molecule has 0 radical (unpaired) electrons. The van der Waals surface area contributed by atoms with Crippen LogP contribution in [0.15, 0.2) is 83.7 Å². The molecule has 222 valence electrons. The first kappa shape index (κ1) is 28.4. The van der Waals surface area contributed by atoms with E-state index in [1.165, 1.54) is 12.1 Å². The molecule has 0 amide bonds. The van der Waals surface area contributed by atoms with E-state index >= 15 is 0 Å². The number of hydrogen-bond acceptors (Lipinski definition) is 7. The molecule has 0 saturated carbocycles. The molecule has 5 aromatic rings. The van der Waals surface area contributed by atoms with E-state index in [0.717, 1.165) is 17.0 Å². The number of pyridine rings is 1. The van der Waals surface area contributed by atoms with Crippen molar-refractivity contribution in [3.05, 3.63) is 112 Å². The summed E-state index contributed by atoms with van der Waals surface area (Å²) in [5.74, 6) is 1.18. The molecule has 9 nitrogen and oxygen atoms in total. The summed E-state index contributed by atoms with van der Waals surface area (Å²) < 4.78 is 47.2. The Morgan fingerprint density at radius 2 is 1.74 bits per heavy atom. The third-order valence-electron chi connectivity index (χ3n) is 7.85. The van der Waals surface area contributed by atoms with Crippen LogP contribution in [0.1, 0.15) is 28.6 Å². The molecule has 3 heterocycles. The van der Waals surface area contributed by atoms with Crippen LogP contribution in [0.25, 0.3) is 10.9 Å². The van der Waals surface area contributed by atoms with Gasteiger partial charge in [-0.05, 0) is 64.9 Å². The molecule has 12 heteroatoms. The van der Waals surface area contributed by atoms with Crippen LogP contribution in [0, 0.1) is 0 Å². The van der Waals surface area contributed by atoms with Gasteiger partial charge >= 0.3 is 6.18 Å². The number of aromatic nitrogens is 5. The number of halogens is 3. The Balaban J connectivity index is 1.34. The molecular weight excluding hydrogens is 559 g/mol. The van der Waals surface area contributed by atoms with Crippen molar-refractivity contribution < 1.29 is 17.9 Å². The van der Waals surface area contributed by atoms with E-state index in [1.807, 2.05) is 47.4 Å². The highest BCUT2D eigenvalue weighted by molar-refractivity contribution is 5.80. The lowest BCUT2D eigenvalue weighted by atomic mass is 10.0. The zero-order valence-corrected chi connectivity index (χ0v) is 23.5. The summed E-state index contributed by atoms with van der Waals surface area (Å²) in [6.07, 6.45) is -3.72. The Kier molecular flexibility index (Phi) is 7.85. The number of aryl methyl sites for hydroxylation is 2. The molecule has 6 rings (SSSR count). The topological polar surface area (TPSA) is 92.2 Å². The molecule has 43 heavy (non-hydrogen) atoms. The first-order chi connectivity index (χ1) is 20.8. The maximum Gasteiger partial charge on any atom is 0.416 e. The number of nitrogens with zero attached hydrogens (tertiary/aromatic N) is 6. The number of fused-ring (bicyclic) bond motifs is 1. The highest BCUT2D eigenvalue weighted by atomic mass is 19.4. The van der Waals surface area contributed by atoms with Crippen LogP contribution < -0.4 is 15.2 Å². The van der Waals surface area contributed by atoms with Crippen molar-refractivity contribution in [2.24, 2.45) is 0 Å². The fraction of sp³-hybridized carbons (Fsp3) is 0.290. The van der Waals surface area contributed by atoms with Crippen molar-refractivity contribution in [2.45, 2.75) is 25.2 Å². The number of ether oxygens (including phenoxy) is 1. The number of hydrogen-bond donors (Lipinski definition) is 1. The van der Waals surface area contributed by atoms with Crippen LogP contribution in [0.4, 0.5) is 18.9 Å². The second-order valence-electron chi connectivity index (χ2n) is 10.5. The molecule has 1 unspecified atom stereocenters. The number of tetrazole rings is 1. The molecule has 0 bridgehead atoms. The van der Waals surface area contributed by atoms with Gasteiger partial charge in [0.25, 0.3) is 5.56 Å². The average molecular weight is 590 g/mol. The second-order valence-corrected chi connectivity index (χ2v) is 10.5. The summed E-state index contributed by atoms with van der Waals surface area (Å²) in [6, 6.07) is 22.1. The summed E-state index contributed by atoms with van der Waals surface area (Å²) in [7, 11) is 1.58. The molecule has 1 atom stereocenters. The normalized spacial score (nSPS) is 15.1. The van der Waals surface area contributed by atoms with Crippen molar-refractivity contribution >= 4 is 16.6 Å². The van der Waals surface area contributed by atoms with Gasteiger partial charge in [0.1, 0.15) is 11.8 Å². The number of nitrogens with one attached hydrogen (secondary N) is 1. The fourth-order valence-corrected chi connectivity index (χ4v) is 5.59. The number of alkyl halides is 3. The molecular formula is C31H30F3N7O2. The van der Waals surface area contributed by atoms with Gasteiger partial charge in [0.05, 0.1) is 12.7 Å². The molecule has 2 aromatic heterocycles. The van der Waals surface area contributed by atoms with E-state index < -0.39 is 17.8 Å². The SMILES string of the molecule is COc1ccc2[nH]c(=O)c(C(c3nnnn3CCc3ccccc3)N3CCN(c4cccc(C(F)(F)F)c4)CC3)cc2c1. The van der Waals surface area contributed by atoms with E-state index in [9.17, 15) is 18.0 Å². The lowest BCUT2D eigenvalue weighted by Gasteiger charge is -2.39. The van der Waals surface area contributed by atoms with Gasteiger partial charge in [0, 0.05) is 54.9 Å². The van der Waals surface area contributed by atoms with E-state index in [-0.39, 0.29) is 5.56 Å². The standard InChI is InChI=1S/C31H30F3N7O2/c1-43-25-10-11-27-22(18-25)19-26(30(42)35-27)28(29-36-37-38-41(29)13-12-21-6-3-2-4-7-21)40-16-14-39(15-17-40)24-9-5-8-23(20-24)31(32,33)34/h2-11,18-20,28H,12-17H2,1H3,(H,35,42). The van der Waals surface area contributed by atoms with Crippen molar-refractivity contribution in [1.29, 1.82) is 0 Å². The summed E-state index contributed by atoms with van der Waals surface area (Å²) in [5, 5.41) is 13.4. The molecule has 1 fully saturated rings.